The molecule has 0 unspecified atom stereocenters. The Kier molecular flexibility index (Phi) is 12.0. The molecule has 0 amide bonds. The van der Waals surface area contributed by atoms with Crippen molar-refractivity contribution < 1.29 is 24.1 Å². The highest BCUT2D eigenvalue weighted by atomic mass is 16.6. The van der Waals surface area contributed by atoms with E-state index in [1.807, 2.05) is 121 Å². The maximum absolute atomic E-state index is 10.5. The van der Waals surface area contributed by atoms with E-state index in [1.54, 1.807) is 0 Å². The number of rotatable bonds is 16. The fourth-order valence-corrected chi connectivity index (χ4v) is 4.33. The number of hydrogen-bond acceptors (Lipinski definition) is 5. The van der Waals surface area contributed by atoms with Gasteiger partial charge in [-0.2, -0.15) is 0 Å². The maximum Gasteiger partial charge on any atom is 0.147 e. The number of aliphatic hydroxyl groups excluding tert-OH is 1. The van der Waals surface area contributed by atoms with Gasteiger partial charge in [0.25, 0.3) is 0 Å². The monoisotopic (exact) mass is 536 g/mol. The summed E-state index contributed by atoms with van der Waals surface area (Å²) in [4.78, 5) is 0. The van der Waals surface area contributed by atoms with E-state index in [9.17, 15) is 5.11 Å². The van der Waals surface area contributed by atoms with Crippen LogP contribution in [0, 0.1) is 12.3 Å². The van der Waals surface area contributed by atoms with Gasteiger partial charge in [-0.15, -0.1) is 6.42 Å². The van der Waals surface area contributed by atoms with Crippen molar-refractivity contribution in [1.82, 2.24) is 0 Å². The van der Waals surface area contributed by atoms with Crippen LogP contribution in [0.2, 0.25) is 0 Å². The molecule has 4 aromatic carbocycles. The van der Waals surface area contributed by atoms with E-state index < -0.39 is 24.4 Å². The number of terminal acetylenes is 1. The molecule has 4 rings (SSSR count). The number of aliphatic hydroxyl groups is 1. The zero-order valence-corrected chi connectivity index (χ0v) is 22.5. The molecule has 0 fully saturated rings. The Hall–Kier alpha value is -3.76. The highest BCUT2D eigenvalue weighted by Crippen LogP contribution is 2.23. The van der Waals surface area contributed by atoms with Gasteiger partial charge in [-0.3, -0.25) is 0 Å². The first kappa shape index (κ1) is 29.2. The van der Waals surface area contributed by atoms with Crippen molar-refractivity contribution in [3.05, 3.63) is 144 Å². The van der Waals surface area contributed by atoms with Crippen molar-refractivity contribution >= 4 is 0 Å². The fraction of sp³-hybridized carbons (Fsp3) is 0.257. The van der Waals surface area contributed by atoms with Crippen LogP contribution in [-0.4, -0.2) is 36.1 Å². The summed E-state index contributed by atoms with van der Waals surface area (Å²) in [6.45, 7) is 0.904. The second kappa shape index (κ2) is 16.4. The van der Waals surface area contributed by atoms with Crippen molar-refractivity contribution in [2.24, 2.45) is 0 Å². The summed E-state index contributed by atoms with van der Waals surface area (Å²) in [6, 6.07) is 39.3. The molecular formula is C35H36O5. The molecule has 1 N–H and O–H groups in total. The second-order valence-electron chi connectivity index (χ2n) is 9.42. The topological polar surface area (TPSA) is 57.2 Å². The lowest BCUT2D eigenvalue weighted by atomic mass is 10.0. The Morgan fingerprint density at radius 3 is 1.23 bits per heavy atom. The normalized spacial score (nSPS) is 14.1. The molecule has 0 radical (unpaired) electrons. The van der Waals surface area contributed by atoms with Gasteiger partial charge in [-0.1, -0.05) is 127 Å². The van der Waals surface area contributed by atoms with Crippen LogP contribution in [0.4, 0.5) is 0 Å². The quantitative estimate of drug-likeness (QED) is 0.179. The van der Waals surface area contributed by atoms with Gasteiger partial charge >= 0.3 is 0 Å². The molecule has 0 heterocycles. The standard InChI is InChI=1S/C35H36O5/c1-2-32(37-24-28-15-7-3-8-16-28)34(39-26-30-19-11-5-12-20-30)35(40-27-31-21-13-6-14-22-31)33(23-36)38-25-29-17-9-4-10-18-29/h1,3-22,32-36H,23-27H2/t32-,33+,34+,35+/m0/s1. The van der Waals surface area contributed by atoms with E-state index in [1.165, 1.54) is 0 Å². The summed E-state index contributed by atoms with van der Waals surface area (Å²) in [7, 11) is 0. The Morgan fingerprint density at radius 1 is 0.500 bits per heavy atom. The summed E-state index contributed by atoms with van der Waals surface area (Å²) in [6.07, 6.45) is 3.10. The highest BCUT2D eigenvalue weighted by molar-refractivity contribution is 5.17. The molecular weight excluding hydrogens is 500 g/mol. The molecule has 0 saturated heterocycles. The maximum atomic E-state index is 10.5. The molecule has 40 heavy (non-hydrogen) atoms. The molecule has 4 aromatic rings. The van der Waals surface area contributed by atoms with Gasteiger partial charge in [0.05, 0.1) is 33.0 Å². The Bertz CT molecular complexity index is 1260. The summed E-state index contributed by atoms with van der Waals surface area (Å²) < 4.78 is 25.4. The van der Waals surface area contributed by atoms with E-state index in [-0.39, 0.29) is 13.2 Å². The van der Waals surface area contributed by atoms with Crippen molar-refractivity contribution in [2.45, 2.75) is 50.8 Å². The van der Waals surface area contributed by atoms with Crippen molar-refractivity contribution in [3.8, 4) is 12.3 Å². The van der Waals surface area contributed by atoms with Crippen molar-refractivity contribution in [1.29, 1.82) is 0 Å². The minimum absolute atomic E-state index is 0.284. The van der Waals surface area contributed by atoms with Gasteiger partial charge in [0.15, 0.2) is 0 Å². The average molecular weight is 537 g/mol. The summed E-state index contributed by atoms with van der Waals surface area (Å²) >= 11 is 0. The van der Waals surface area contributed by atoms with E-state index in [0.717, 1.165) is 22.3 Å². The van der Waals surface area contributed by atoms with E-state index in [0.29, 0.717) is 19.8 Å². The first-order chi connectivity index (χ1) is 19.8. The molecule has 4 atom stereocenters. The second-order valence-corrected chi connectivity index (χ2v) is 9.42. The highest BCUT2D eigenvalue weighted by Gasteiger charge is 2.37. The van der Waals surface area contributed by atoms with Gasteiger partial charge in [0, 0.05) is 0 Å². The third-order valence-electron chi connectivity index (χ3n) is 6.48. The lowest BCUT2D eigenvalue weighted by molar-refractivity contribution is -0.187. The lowest BCUT2D eigenvalue weighted by Gasteiger charge is -2.35. The largest absolute Gasteiger partial charge is 0.394 e. The molecule has 0 aromatic heterocycles. The van der Waals surface area contributed by atoms with Crippen LogP contribution in [0.25, 0.3) is 0 Å². The van der Waals surface area contributed by atoms with E-state index >= 15 is 0 Å². The minimum atomic E-state index is -0.765. The first-order valence-electron chi connectivity index (χ1n) is 13.5. The van der Waals surface area contributed by atoms with Crippen molar-refractivity contribution in [2.75, 3.05) is 6.61 Å². The first-order valence-corrected chi connectivity index (χ1v) is 13.5. The number of hydrogen-bond donors (Lipinski definition) is 1. The molecule has 5 heteroatoms. The number of ether oxygens (including phenoxy) is 4. The molecule has 0 saturated carbocycles. The van der Waals surface area contributed by atoms with Crippen LogP contribution >= 0.6 is 0 Å². The van der Waals surface area contributed by atoms with Crippen LogP contribution in [0.3, 0.4) is 0 Å². The zero-order chi connectivity index (χ0) is 27.8. The molecule has 5 nitrogen and oxygen atoms in total. The molecule has 0 bridgehead atoms. The summed E-state index contributed by atoms with van der Waals surface area (Å²) in [5.41, 5.74) is 3.94. The molecule has 0 aliphatic heterocycles. The molecule has 0 aliphatic carbocycles. The summed E-state index contributed by atoms with van der Waals surface area (Å²) in [5, 5.41) is 10.5. The van der Waals surface area contributed by atoms with Crippen LogP contribution in [0.15, 0.2) is 121 Å². The van der Waals surface area contributed by atoms with E-state index in [4.69, 9.17) is 25.4 Å². The van der Waals surface area contributed by atoms with Crippen LogP contribution in [0.5, 0.6) is 0 Å². The van der Waals surface area contributed by atoms with Crippen molar-refractivity contribution in [3.63, 3.8) is 0 Å². The molecule has 206 valence electrons. The third kappa shape index (κ3) is 9.17. The van der Waals surface area contributed by atoms with Crippen LogP contribution < -0.4 is 0 Å². The fourth-order valence-electron chi connectivity index (χ4n) is 4.33. The average Bonchev–Trinajstić information content (AvgIpc) is 3.02. The van der Waals surface area contributed by atoms with E-state index in [2.05, 4.69) is 5.92 Å². The molecule has 0 aliphatic rings. The predicted molar refractivity (Wildman–Crippen MR) is 156 cm³/mol. The number of benzene rings is 4. The van der Waals surface area contributed by atoms with Gasteiger partial charge in [0.1, 0.15) is 24.4 Å². The van der Waals surface area contributed by atoms with Crippen LogP contribution in [-0.2, 0) is 45.4 Å². The van der Waals surface area contributed by atoms with Gasteiger partial charge < -0.3 is 24.1 Å². The smallest absolute Gasteiger partial charge is 0.147 e. The third-order valence-corrected chi connectivity index (χ3v) is 6.48. The van der Waals surface area contributed by atoms with Gasteiger partial charge in [-0.05, 0) is 22.3 Å². The summed E-state index contributed by atoms with van der Waals surface area (Å²) in [5.74, 6) is 2.78. The Balaban J connectivity index is 1.60. The molecule has 0 spiro atoms. The predicted octanol–water partition coefficient (Wildman–Crippen LogP) is 5.95. The SMILES string of the molecule is C#C[C@H](OCc1ccccc1)[C@@H](OCc1ccccc1)[C@H](OCc1ccccc1)[C@@H](CO)OCc1ccccc1. The van der Waals surface area contributed by atoms with Gasteiger partial charge in [-0.25, -0.2) is 0 Å². The minimum Gasteiger partial charge on any atom is -0.394 e. The Labute approximate surface area is 237 Å². The Morgan fingerprint density at radius 2 is 0.850 bits per heavy atom. The lowest BCUT2D eigenvalue weighted by Crippen LogP contribution is -2.50. The van der Waals surface area contributed by atoms with Gasteiger partial charge in [0.2, 0.25) is 0 Å². The van der Waals surface area contributed by atoms with Crippen LogP contribution in [0.1, 0.15) is 22.3 Å². The zero-order valence-electron chi connectivity index (χ0n) is 22.5.